The van der Waals surface area contributed by atoms with Crippen LogP contribution in [0.4, 0.5) is 0 Å². The summed E-state index contributed by atoms with van der Waals surface area (Å²) in [6, 6.07) is 45.8. The molecule has 2 saturated heterocycles. The van der Waals surface area contributed by atoms with E-state index < -0.39 is 35.4 Å². The van der Waals surface area contributed by atoms with Gasteiger partial charge < -0.3 is 38.8 Å². The van der Waals surface area contributed by atoms with E-state index in [9.17, 15) is 9.59 Å². The summed E-state index contributed by atoms with van der Waals surface area (Å²) in [7, 11) is 4.01. The van der Waals surface area contributed by atoms with Crippen LogP contribution in [-0.2, 0) is 71.7 Å². The Balaban J connectivity index is 0.990. The fraction of sp³-hybridized carbons (Fsp3) is 0.439. The normalized spacial score (nSPS) is 23.2. The van der Waals surface area contributed by atoms with Gasteiger partial charge in [-0.3, -0.25) is 9.59 Å². The van der Waals surface area contributed by atoms with Crippen LogP contribution in [-0.4, -0.2) is 85.5 Å². The number of fused-ring (bicyclic) bond motifs is 2. The molecule has 1 aliphatic carbocycles. The first kappa shape index (κ1) is 48.3. The molecule has 5 aromatic carbocycles. The molecule has 5 aromatic rings. The number of carbonyl (C=O) groups is 2. The molecule has 0 unspecified atom stereocenters. The average molecular weight is 908 g/mol. The number of amides is 2. The van der Waals surface area contributed by atoms with E-state index in [-0.39, 0.29) is 5.91 Å². The van der Waals surface area contributed by atoms with Gasteiger partial charge in [0.15, 0.2) is 0 Å². The van der Waals surface area contributed by atoms with Crippen molar-refractivity contribution >= 4 is 12.3 Å². The van der Waals surface area contributed by atoms with Gasteiger partial charge in [-0.15, -0.1) is 0 Å². The largest absolute Gasteiger partial charge is 0.368 e. The van der Waals surface area contributed by atoms with E-state index in [2.05, 4.69) is 103 Å². The molecule has 0 radical (unpaired) electrons. The van der Waals surface area contributed by atoms with E-state index in [0.717, 1.165) is 85.7 Å². The molecule has 10 heteroatoms. The van der Waals surface area contributed by atoms with Crippen LogP contribution in [0.5, 0.6) is 0 Å². The number of hydrogen-bond donors (Lipinski definition) is 1. The van der Waals surface area contributed by atoms with Crippen molar-refractivity contribution in [3.05, 3.63) is 178 Å². The van der Waals surface area contributed by atoms with Gasteiger partial charge in [0.2, 0.25) is 18.1 Å². The van der Waals surface area contributed by atoms with Crippen molar-refractivity contribution in [1.29, 1.82) is 0 Å². The number of rotatable bonds is 22. The zero-order valence-corrected chi connectivity index (χ0v) is 39.9. The lowest BCUT2D eigenvalue weighted by molar-refractivity contribution is -0.346. The van der Waals surface area contributed by atoms with Crippen molar-refractivity contribution in [3.63, 3.8) is 0 Å². The van der Waals surface area contributed by atoms with Crippen LogP contribution in [0.1, 0.15) is 96.4 Å². The highest BCUT2D eigenvalue weighted by atomic mass is 16.8. The lowest BCUT2D eigenvalue weighted by atomic mass is 9.83. The highest BCUT2D eigenvalue weighted by Crippen LogP contribution is 2.53. The number of nitrogens with zero attached hydrogens (tertiary/aromatic N) is 2. The number of likely N-dealkylation sites (N-methyl/N-ethyl adjacent to an activating group) is 1. The van der Waals surface area contributed by atoms with Crippen molar-refractivity contribution in [2.24, 2.45) is 0 Å². The Labute approximate surface area is 397 Å². The summed E-state index contributed by atoms with van der Waals surface area (Å²) in [5.74, 6) is -1.26. The second kappa shape index (κ2) is 22.3. The Morgan fingerprint density at radius 3 is 1.90 bits per heavy atom. The second-order valence-electron chi connectivity index (χ2n) is 19.3. The van der Waals surface area contributed by atoms with Crippen molar-refractivity contribution < 1.29 is 33.3 Å². The molecular weight excluding hydrogens is 839 g/mol. The van der Waals surface area contributed by atoms with Gasteiger partial charge in [0.1, 0.15) is 29.6 Å². The van der Waals surface area contributed by atoms with Crippen LogP contribution in [0, 0.1) is 6.92 Å². The smallest absolute Gasteiger partial charge is 0.225 e. The highest BCUT2D eigenvalue weighted by molar-refractivity contribution is 5.77. The summed E-state index contributed by atoms with van der Waals surface area (Å²) in [5.41, 5.74) is 7.29. The Morgan fingerprint density at radius 1 is 0.716 bits per heavy atom. The summed E-state index contributed by atoms with van der Waals surface area (Å²) in [6.45, 7) is 6.95. The molecule has 3 aliphatic rings. The van der Waals surface area contributed by atoms with E-state index in [1.165, 1.54) is 16.7 Å². The van der Waals surface area contributed by atoms with Crippen molar-refractivity contribution in [1.82, 2.24) is 15.1 Å². The Hall–Kier alpha value is -5.20. The highest BCUT2D eigenvalue weighted by Gasteiger charge is 2.67. The van der Waals surface area contributed by atoms with Crippen molar-refractivity contribution in [3.8, 4) is 0 Å². The lowest BCUT2D eigenvalue weighted by Gasteiger charge is -2.50. The molecule has 10 nitrogen and oxygen atoms in total. The second-order valence-corrected chi connectivity index (χ2v) is 19.3. The summed E-state index contributed by atoms with van der Waals surface area (Å²) in [4.78, 5) is 29.5. The number of hydrogen-bond acceptors (Lipinski definition) is 8. The maximum atomic E-state index is 13.4. The summed E-state index contributed by atoms with van der Waals surface area (Å²) in [6.07, 6.45) is 6.55. The molecule has 2 bridgehead atoms. The summed E-state index contributed by atoms with van der Waals surface area (Å²) < 4.78 is 35.1. The van der Waals surface area contributed by atoms with E-state index in [0.29, 0.717) is 45.8 Å². The molecule has 1 saturated carbocycles. The van der Waals surface area contributed by atoms with E-state index in [1.807, 2.05) is 73.6 Å². The first-order valence-electron chi connectivity index (χ1n) is 24.2. The third kappa shape index (κ3) is 11.7. The van der Waals surface area contributed by atoms with Gasteiger partial charge in [-0.1, -0.05) is 134 Å². The first-order valence-corrected chi connectivity index (χ1v) is 24.2. The van der Waals surface area contributed by atoms with Crippen LogP contribution < -0.4 is 5.32 Å². The third-order valence-corrected chi connectivity index (χ3v) is 13.9. The van der Waals surface area contributed by atoms with Gasteiger partial charge in [0.25, 0.3) is 0 Å². The maximum absolute atomic E-state index is 13.4. The SMILES string of the molecule is Cc1ccc([C@]23OC[C@](C)(O2)[C@@H](OCc2ccccc2)[C@H](OCc2ccccc2)[C@H]3OCc2ccccc2)cc1Cc1ccc(CCCC(=O)NC2(N(C=O)CCN(C)C)CCCCC2)cc1. The first-order chi connectivity index (χ1) is 32.6. The molecule has 2 heterocycles. The van der Waals surface area contributed by atoms with Gasteiger partial charge in [0.05, 0.1) is 26.4 Å². The molecule has 0 spiro atoms. The van der Waals surface area contributed by atoms with Crippen LogP contribution in [0.3, 0.4) is 0 Å². The van der Waals surface area contributed by atoms with E-state index in [4.69, 9.17) is 23.7 Å². The summed E-state index contributed by atoms with van der Waals surface area (Å²) >= 11 is 0. The van der Waals surface area contributed by atoms with Crippen LogP contribution in [0.25, 0.3) is 0 Å². The van der Waals surface area contributed by atoms with Crippen molar-refractivity contribution in [2.75, 3.05) is 33.8 Å². The predicted molar refractivity (Wildman–Crippen MR) is 261 cm³/mol. The maximum Gasteiger partial charge on any atom is 0.225 e. The van der Waals surface area contributed by atoms with Crippen LogP contribution in [0.2, 0.25) is 0 Å². The lowest BCUT2D eigenvalue weighted by Crippen LogP contribution is -2.65. The standard InChI is InChI=1S/C57H69N3O7/c1-43-26-31-50(37-49(43)36-45-29-27-44(28-30-45)24-17-25-51(62)58-56(32-15-8-16-33-56)60(42-61)35-34-59(3)4)57-54(65-40-48-22-13-7-14-23-48)52(63-38-46-18-9-5-10-19-46)53(55(2,67-57)41-66-57)64-39-47-20-11-6-12-21-47/h5-7,9-14,18-23,26-31,37,42,52-54H,8,15-17,24-25,32-36,38-41H2,1-4H3,(H,58,62)/t52-,53-,54+,55-,57-/m0/s1. The van der Waals surface area contributed by atoms with Crippen molar-refractivity contribution in [2.45, 2.75) is 127 Å². The minimum Gasteiger partial charge on any atom is -0.368 e. The Bertz CT molecular complexity index is 2340. The molecule has 67 heavy (non-hydrogen) atoms. The number of benzene rings is 5. The topological polar surface area (TPSA) is 98.8 Å². The van der Waals surface area contributed by atoms with Crippen LogP contribution >= 0.6 is 0 Å². The monoisotopic (exact) mass is 908 g/mol. The fourth-order valence-corrected chi connectivity index (χ4v) is 10.1. The zero-order valence-electron chi connectivity index (χ0n) is 39.9. The molecule has 0 aromatic heterocycles. The molecular formula is C57H69N3O7. The average Bonchev–Trinajstić information content (AvgIpc) is 3.67. The molecule has 8 rings (SSSR count). The van der Waals surface area contributed by atoms with Gasteiger partial charge in [-0.25, -0.2) is 0 Å². The molecule has 3 fully saturated rings. The Morgan fingerprint density at radius 2 is 1.30 bits per heavy atom. The van der Waals surface area contributed by atoms with Crippen LogP contribution in [0.15, 0.2) is 133 Å². The van der Waals surface area contributed by atoms with Gasteiger partial charge in [-0.2, -0.15) is 0 Å². The molecule has 354 valence electrons. The minimum absolute atomic E-state index is 0.00978. The molecule has 2 aliphatic heterocycles. The Kier molecular flexibility index (Phi) is 16.0. The fourth-order valence-electron chi connectivity index (χ4n) is 10.1. The van der Waals surface area contributed by atoms with E-state index in [1.54, 1.807) is 0 Å². The number of aryl methyl sites for hydroxylation is 2. The zero-order chi connectivity index (χ0) is 46.7. The number of carbonyl (C=O) groups excluding carboxylic acids is 2. The number of nitrogens with one attached hydrogen (secondary N) is 1. The summed E-state index contributed by atoms with van der Waals surface area (Å²) in [5, 5.41) is 3.32. The predicted octanol–water partition coefficient (Wildman–Crippen LogP) is 9.43. The van der Waals surface area contributed by atoms with Gasteiger partial charge >= 0.3 is 0 Å². The molecule has 5 atom stereocenters. The number of ether oxygens (including phenoxy) is 5. The third-order valence-electron chi connectivity index (χ3n) is 13.9. The molecule has 2 amide bonds. The van der Waals surface area contributed by atoms with Gasteiger partial charge in [-0.05, 0) is 118 Å². The molecule has 1 N–H and O–H groups in total. The minimum atomic E-state index is -1.27. The quantitative estimate of drug-likeness (QED) is 0.0542. The van der Waals surface area contributed by atoms with E-state index >= 15 is 0 Å². The van der Waals surface area contributed by atoms with Gasteiger partial charge in [0, 0.05) is 25.1 Å².